The Balaban J connectivity index is 1.92. The number of amides is 1. The molecule has 7 nitrogen and oxygen atoms in total. The lowest BCUT2D eigenvalue weighted by Crippen LogP contribution is -2.26. The van der Waals surface area contributed by atoms with Crippen molar-refractivity contribution >= 4 is 23.4 Å². The molecule has 1 aromatic carbocycles. The predicted molar refractivity (Wildman–Crippen MR) is 87.3 cm³/mol. The van der Waals surface area contributed by atoms with Gasteiger partial charge in [-0.15, -0.1) is 0 Å². The first-order valence-corrected chi connectivity index (χ1v) is 7.14. The van der Waals surface area contributed by atoms with Gasteiger partial charge in [0.05, 0.1) is 11.9 Å². The molecule has 0 aliphatic carbocycles. The third kappa shape index (κ3) is 5.42. The second-order valence-corrected chi connectivity index (χ2v) is 4.89. The van der Waals surface area contributed by atoms with E-state index in [0.29, 0.717) is 37.1 Å². The molecule has 0 atom stereocenters. The van der Waals surface area contributed by atoms with E-state index >= 15 is 0 Å². The fourth-order valence-corrected chi connectivity index (χ4v) is 1.87. The SMILES string of the molecule is CC(=O)NCCNc1nc(NCc2cccc(F)c2)ncc1N. The summed E-state index contributed by atoms with van der Waals surface area (Å²) in [4.78, 5) is 19.1. The average molecular weight is 318 g/mol. The first-order valence-electron chi connectivity index (χ1n) is 7.14. The average Bonchev–Trinajstić information content (AvgIpc) is 2.51. The van der Waals surface area contributed by atoms with Gasteiger partial charge in [0.15, 0.2) is 5.82 Å². The zero-order valence-corrected chi connectivity index (χ0v) is 12.8. The number of nitrogens with two attached hydrogens (primary N) is 1. The van der Waals surface area contributed by atoms with Gasteiger partial charge < -0.3 is 21.7 Å². The Bertz CT molecular complexity index is 679. The molecular formula is C15H19FN6O. The van der Waals surface area contributed by atoms with Crippen LogP contribution in [-0.2, 0) is 11.3 Å². The monoisotopic (exact) mass is 318 g/mol. The van der Waals surface area contributed by atoms with Gasteiger partial charge in [0, 0.05) is 26.6 Å². The number of hydrogen-bond donors (Lipinski definition) is 4. The van der Waals surface area contributed by atoms with Crippen LogP contribution in [0.5, 0.6) is 0 Å². The van der Waals surface area contributed by atoms with Crippen molar-refractivity contribution in [1.29, 1.82) is 0 Å². The Morgan fingerprint density at radius 2 is 2.13 bits per heavy atom. The van der Waals surface area contributed by atoms with Crippen molar-refractivity contribution in [1.82, 2.24) is 15.3 Å². The van der Waals surface area contributed by atoms with Crippen LogP contribution in [0, 0.1) is 5.82 Å². The molecule has 0 saturated heterocycles. The Labute approximate surface area is 133 Å². The number of nitrogens with zero attached hydrogens (tertiary/aromatic N) is 2. The number of benzene rings is 1. The number of nitrogen functional groups attached to an aromatic ring is 1. The number of aromatic nitrogens is 2. The van der Waals surface area contributed by atoms with Crippen molar-refractivity contribution in [3.05, 3.63) is 41.8 Å². The van der Waals surface area contributed by atoms with Crippen LogP contribution in [0.4, 0.5) is 21.8 Å². The minimum absolute atomic E-state index is 0.0973. The summed E-state index contributed by atoms with van der Waals surface area (Å²) in [7, 11) is 0. The van der Waals surface area contributed by atoms with Gasteiger partial charge in [0.25, 0.3) is 0 Å². The van der Waals surface area contributed by atoms with Crippen LogP contribution in [0.3, 0.4) is 0 Å². The molecule has 0 unspecified atom stereocenters. The molecule has 0 spiro atoms. The van der Waals surface area contributed by atoms with Crippen LogP contribution in [0.15, 0.2) is 30.5 Å². The van der Waals surface area contributed by atoms with Gasteiger partial charge in [-0.1, -0.05) is 12.1 Å². The maximum Gasteiger partial charge on any atom is 0.225 e. The van der Waals surface area contributed by atoms with E-state index in [9.17, 15) is 9.18 Å². The summed E-state index contributed by atoms with van der Waals surface area (Å²) < 4.78 is 13.1. The highest BCUT2D eigenvalue weighted by molar-refractivity contribution is 5.72. The fraction of sp³-hybridized carbons (Fsp3) is 0.267. The van der Waals surface area contributed by atoms with Crippen molar-refractivity contribution in [3.63, 3.8) is 0 Å². The molecule has 8 heteroatoms. The lowest BCUT2D eigenvalue weighted by molar-refractivity contribution is -0.118. The first-order chi connectivity index (χ1) is 11.0. The molecule has 0 fully saturated rings. The summed E-state index contributed by atoms with van der Waals surface area (Å²) in [5.74, 6) is 0.473. The Kier molecular flexibility index (Phi) is 5.67. The summed E-state index contributed by atoms with van der Waals surface area (Å²) in [6.07, 6.45) is 1.49. The van der Waals surface area contributed by atoms with Gasteiger partial charge in [0.1, 0.15) is 5.82 Å². The lowest BCUT2D eigenvalue weighted by atomic mass is 10.2. The van der Waals surface area contributed by atoms with E-state index < -0.39 is 0 Å². The highest BCUT2D eigenvalue weighted by Crippen LogP contribution is 2.16. The maximum absolute atomic E-state index is 13.1. The van der Waals surface area contributed by atoms with Crippen LogP contribution in [-0.4, -0.2) is 29.0 Å². The Hall–Kier alpha value is -2.90. The highest BCUT2D eigenvalue weighted by atomic mass is 19.1. The lowest BCUT2D eigenvalue weighted by Gasteiger charge is -2.11. The zero-order chi connectivity index (χ0) is 16.7. The topological polar surface area (TPSA) is 105 Å². The number of anilines is 3. The van der Waals surface area contributed by atoms with Crippen LogP contribution >= 0.6 is 0 Å². The first kappa shape index (κ1) is 16.5. The Morgan fingerprint density at radius 1 is 1.30 bits per heavy atom. The van der Waals surface area contributed by atoms with E-state index in [1.54, 1.807) is 12.1 Å². The van der Waals surface area contributed by atoms with Gasteiger partial charge in [-0.3, -0.25) is 4.79 Å². The molecule has 1 amide bonds. The molecule has 23 heavy (non-hydrogen) atoms. The van der Waals surface area contributed by atoms with Crippen LogP contribution < -0.4 is 21.7 Å². The normalized spacial score (nSPS) is 10.2. The quantitative estimate of drug-likeness (QED) is 0.575. The molecule has 1 aromatic heterocycles. The van der Waals surface area contributed by atoms with E-state index in [1.165, 1.54) is 25.3 Å². The summed E-state index contributed by atoms with van der Waals surface area (Å²) in [5.41, 5.74) is 7.00. The third-order valence-electron chi connectivity index (χ3n) is 2.95. The smallest absolute Gasteiger partial charge is 0.225 e. The van der Waals surface area contributed by atoms with E-state index in [0.717, 1.165) is 5.56 Å². The predicted octanol–water partition coefficient (Wildman–Crippen LogP) is 1.36. The van der Waals surface area contributed by atoms with Crippen molar-refractivity contribution < 1.29 is 9.18 Å². The largest absolute Gasteiger partial charge is 0.394 e. The van der Waals surface area contributed by atoms with Gasteiger partial charge >= 0.3 is 0 Å². The number of nitrogens with one attached hydrogen (secondary N) is 3. The van der Waals surface area contributed by atoms with E-state index in [1.807, 2.05) is 0 Å². The maximum atomic E-state index is 13.1. The molecule has 0 bridgehead atoms. The molecule has 122 valence electrons. The van der Waals surface area contributed by atoms with Crippen LogP contribution in [0.2, 0.25) is 0 Å². The number of rotatable bonds is 7. The number of halogens is 1. The second kappa shape index (κ2) is 7.92. The summed E-state index contributed by atoms with van der Waals surface area (Å²) in [6, 6.07) is 6.28. The standard InChI is InChI=1S/C15H19FN6O/c1-10(23)18-5-6-19-14-13(17)9-21-15(22-14)20-8-11-3-2-4-12(16)7-11/h2-4,7,9H,5-6,8,17H2,1H3,(H,18,23)(H2,19,20,21,22). The van der Waals surface area contributed by atoms with Crippen LogP contribution in [0.25, 0.3) is 0 Å². The van der Waals surface area contributed by atoms with Gasteiger partial charge in [-0.25, -0.2) is 9.37 Å². The minimum Gasteiger partial charge on any atom is -0.394 e. The molecule has 2 rings (SSSR count). The molecule has 2 aromatic rings. The zero-order valence-electron chi connectivity index (χ0n) is 12.8. The molecule has 0 saturated carbocycles. The van der Waals surface area contributed by atoms with Gasteiger partial charge in [-0.2, -0.15) is 4.98 Å². The minimum atomic E-state index is -0.289. The summed E-state index contributed by atoms with van der Waals surface area (Å²) in [5, 5.41) is 8.70. The second-order valence-electron chi connectivity index (χ2n) is 4.89. The Morgan fingerprint density at radius 3 is 2.87 bits per heavy atom. The van der Waals surface area contributed by atoms with Gasteiger partial charge in [0.2, 0.25) is 11.9 Å². The molecule has 5 N–H and O–H groups in total. The fourth-order valence-electron chi connectivity index (χ4n) is 1.87. The number of carbonyl (C=O) groups excluding carboxylic acids is 1. The molecule has 0 radical (unpaired) electrons. The van der Waals surface area contributed by atoms with Crippen molar-refractivity contribution in [2.45, 2.75) is 13.5 Å². The third-order valence-corrected chi connectivity index (χ3v) is 2.95. The molecule has 0 aliphatic rings. The number of carbonyl (C=O) groups is 1. The van der Waals surface area contributed by atoms with Crippen molar-refractivity contribution in [3.8, 4) is 0 Å². The van der Waals surface area contributed by atoms with E-state index in [-0.39, 0.29) is 11.7 Å². The van der Waals surface area contributed by atoms with Crippen molar-refractivity contribution in [2.24, 2.45) is 0 Å². The molecule has 0 aliphatic heterocycles. The van der Waals surface area contributed by atoms with E-state index in [4.69, 9.17) is 5.73 Å². The van der Waals surface area contributed by atoms with Crippen molar-refractivity contribution in [2.75, 3.05) is 29.5 Å². The summed E-state index contributed by atoms with van der Waals surface area (Å²) >= 11 is 0. The van der Waals surface area contributed by atoms with Gasteiger partial charge in [-0.05, 0) is 17.7 Å². The van der Waals surface area contributed by atoms with E-state index in [2.05, 4.69) is 25.9 Å². The molecular weight excluding hydrogens is 299 g/mol. The summed E-state index contributed by atoms with van der Waals surface area (Å²) in [6.45, 7) is 2.80. The number of hydrogen-bond acceptors (Lipinski definition) is 6. The highest BCUT2D eigenvalue weighted by Gasteiger charge is 2.04. The van der Waals surface area contributed by atoms with Crippen LogP contribution in [0.1, 0.15) is 12.5 Å². The molecule has 1 heterocycles.